The first kappa shape index (κ1) is 16.3. The molecule has 5 nitrogen and oxygen atoms in total. The fraction of sp³-hybridized carbons (Fsp3) is 0.167. The van der Waals surface area contributed by atoms with Gasteiger partial charge in [-0.1, -0.05) is 31.2 Å². The van der Waals surface area contributed by atoms with Crippen molar-refractivity contribution in [3.63, 3.8) is 0 Å². The topological polar surface area (TPSA) is 63.5 Å². The van der Waals surface area contributed by atoms with Crippen LogP contribution in [-0.4, -0.2) is 27.1 Å². The minimum Gasteiger partial charge on any atom is -0.351 e. The molecule has 1 amide bonds. The van der Waals surface area contributed by atoms with Gasteiger partial charge in [0.25, 0.3) is 11.5 Å². The second kappa shape index (κ2) is 7.31. The van der Waals surface area contributed by atoms with E-state index in [9.17, 15) is 9.59 Å². The van der Waals surface area contributed by atoms with Crippen LogP contribution in [-0.2, 0) is 0 Å². The molecular weight excluding hydrogens is 322 g/mol. The third kappa shape index (κ3) is 3.65. The summed E-state index contributed by atoms with van der Waals surface area (Å²) in [6.45, 7) is 2.50. The molecule has 0 saturated heterocycles. The van der Waals surface area contributed by atoms with Crippen molar-refractivity contribution in [3.8, 4) is 0 Å². The van der Waals surface area contributed by atoms with Crippen molar-refractivity contribution >= 4 is 23.3 Å². The normalized spacial score (nSPS) is 12.0. The van der Waals surface area contributed by atoms with Crippen LogP contribution in [0.4, 0.5) is 0 Å². The first-order valence-corrected chi connectivity index (χ1v) is 8.49. The molecule has 3 aromatic rings. The van der Waals surface area contributed by atoms with Crippen molar-refractivity contribution in [2.24, 2.45) is 0 Å². The highest BCUT2D eigenvalue weighted by Gasteiger charge is 2.14. The molecular formula is C18H17N3O2S. The highest BCUT2D eigenvalue weighted by Crippen LogP contribution is 2.21. The summed E-state index contributed by atoms with van der Waals surface area (Å²) in [6.07, 6.45) is 2.94. The summed E-state index contributed by atoms with van der Waals surface area (Å²) < 4.78 is 1.37. The predicted molar refractivity (Wildman–Crippen MR) is 95.6 cm³/mol. The van der Waals surface area contributed by atoms with Crippen LogP contribution in [0.15, 0.2) is 70.6 Å². The number of carbonyl (C=O) groups is 1. The number of fused-ring (bicyclic) bond motifs is 1. The van der Waals surface area contributed by atoms with E-state index in [1.807, 2.05) is 37.3 Å². The van der Waals surface area contributed by atoms with Gasteiger partial charge in [0.1, 0.15) is 11.2 Å². The largest absolute Gasteiger partial charge is 0.351 e. The van der Waals surface area contributed by atoms with E-state index < -0.39 is 5.91 Å². The minimum atomic E-state index is -0.397. The van der Waals surface area contributed by atoms with E-state index in [0.717, 1.165) is 4.90 Å². The monoisotopic (exact) mass is 339 g/mol. The molecule has 1 aromatic carbocycles. The molecule has 3 rings (SSSR count). The Bertz CT molecular complexity index is 909. The molecule has 1 N–H and O–H groups in total. The molecule has 0 saturated carbocycles. The van der Waals surface area contributed by atoms with Gasteiger partial charge in [0.05, 0.1) is 0 Å². The Morgan fingerprint density at radius 2 is 1.96 bits per heavy atom. The van der Waals surface area contributed by atoms with Gasteiger partial charge in [0.15, 0.2) is 0 Å². The molecule has 0 aliphatic rings. The molecule has 0 radical (unpaired) electrons. The highest BCUT2D eigenvalue weighted by atomic mass is 32.2. The van der Waals surface area contributed by atoms with Gasteiger partial charge in [-0.15, -0.1) is 11.8 Å². The van der Waals surface area contributed by atoms with Crippen LogP contribution in [0.3, 0.4) is 0 Å². The highest BCUT2D eigenvalue weighted by molar-refractivity contribution is 8.00. The summed E-state index contributed by atoms with van der Waals surface area (Å²) in [4.78, 5) is 30.0. The van der Waals surface area contributed by atoms with Gasteiger partial charge < -0.3 is 5.32 Å². The van der Waals surface area contributed by atoms with Gasteiger partial charge in [0, 0.05) is 29.1 Å². The van der Waals surface area contributed by atoms with Crippen molar-refractivity contribution < 1.29 is 4.79 Å². The molecule has 0 bridgehead atoms. The maximum absolute atomic E-state index is 12.4. The summed E-state index contributed by atoms with van der Waals surface area (Å²) in [7, 11) is 0. The molecule has 0 aliphatic carbocycles. The molecule has 2 heterocycles. The summed E-state index contributed by atoms with van der Waals surface area (Å²) in [5.41, 5.74) is 0.212. The van der Waals surface area contributed by atoms with Crippen LogP contribution in [0.2, 0.25) is 0 Å². The number of pyridine rings is 1. The summed E-state index contributed by atoms with van der Waals surface area (Å²) in [5, 5.41) is 3.00. The lowest BCUT2D eigenvalue weighted by molar-refractivity contribution is 0.0952. The van der Waals surface area contributed by atoms with Gasteiger partial charge in [-0.3, -0.25) is 14.0 Å². The Morgan fingerprint density at radius 1 is 1.21 bits per heavy atom. The predicted octanol–water partition coefficient (Wildman–Crippen LogP) is 2.61. The molecule has 0 spiro atoms. The maximum atomic E-state index is 12.4. The van der Waals surface area contributed by atoms with E-state index in [4.69, 9.17) is 0 Å². The second-order valence-corrected chi connectivity index (χ2v) is 6.87. The average molecular weight is 339 g/mol. The lowest BCUT2D eigenvalue weighted by Crippen LogP contribution is -2.34. The Balaban J connectivity index is 1.67. The van der Waals surface area contributed by atoms with Crippen molar-refractivity contribution in [1.82, 2.24) is 14.7 Å². The van der Waals surface area contributed by atoms with Crippen LogP contribution in [0.25, 0.3) is 5.65 Å². The van der Waals surface area contributed by atoms with E-state index >= 15 is 0 Å². The average Bonchev–Trinajstić information content (AvgIpc) is 2.61. The molecule has 122 valence electrons. The quantitative estimate of drug-likeness (QED) is 0.726. The molecule has 1 atom stereocenters. The summed E-state index contributed by atoms with van der Waals surface area (Å²) >= 11 is 1.67. The number of benzene rings is 1. The molecule has 0 fully saturated rings. The number of nitrogens with one attached hydrogen (secondary N) is 1. The first-order valence-electron chi connectivity index (χ1n) is 7.61. The van der Waals surface area contributed by atoms with Crippen molar-refractivity contribution in [3.05, 3.63) is 76.8 Å². The number of carbonyl (C=O) groups excluding carboxylic acids is 1. The van der Waals surface area contributed by atoms with Crippen molar-refractivity contribution in [2.75, 3.05) is 6.54 Å². The Kier molecular flexibility index (Phi) is 4.96. The zero-order chi connectivity index (χ0) is 16.9. The van der Waals surface area contributed by atoms with E-state index in [0.29, 0.717) is 12.2 Å². The minimum absolute atomic E-state index is 0.0515. The summed E-state index contributed by atoms with van der Waals surface area (Å²) in [6, 6.07) is 15.2. The van der Waals surface area contributed by atoms with Gasteiger partial charge in [-0.05, 0) is 24.3 Å². The smallest absolute Gasteiger partial charge is 0.270 e. The van der Waals surface area contributed by atoms with Crippen LogP contribution in [0.5, 0.6) is 0 Å². The van der Waals surface area contributed by atoms with Gasteiger partial charge in [-0.2, -0.15) is 0 Å². The number of amides is 1. The molecule has 0 aliphatic heterocycles. The van der Waals surface area contributed by atoms with Crippen molar-refractivity contribution in [1.29, 1.82) is 0 Å². The fourth-order valence-corrected chi connectivity index (χ4v) is 3.23. The van der Waals surface area contributed by atoms with Crippen LogP contribution in [0.1, 0.15) is 17.3 Å². The Labute approximate surface area is 143 Å². The molecule has 2 aromatic heterocycles. The lowest BCUT2D eigenvalue weighted by Gasteiger charge is -2.12. The number of rotatable bonds is 5. The molecule has 24 heavy (non-hydrogen) atoms. The van der Waals surface area contributed by atoms with Crippen LogP contribution < -0.4 is 10.9 Å². The van der Waals surface area contributed by atoms with Gasteiger partial charge >= 0.3 is 0 Å². The number of thioether (sulfide) groups is 1. The first-order chi connectivity index (χ1) is 11.6. The number of hydrogen-bond donors (Lipinski definition) is 1. The third-order valence-electron chi connectivity index (χ3n) is 3.49. The van der Waals surface area contributed by atoms with Gasteiger partial charge in [0.2, 0.25) is 0 Å². The number of aromatic nitrogens is 2. The van der Waals surface area contributed by atoms with E-state index in [1.54, 1.807) is 36.2 Å². The SMILES string of the molecule is C[C@@H](CNC(=O)c1cnc2ccccn2c1=O)Sc1ccccc1. The standard InChI is InChI=1S/C18H17N3O2S/c1-13(24-14-7-3-2-4-8-14)11-20-17(22)15-12-19-16-9-5-6-10-21(16)18(15)23/h2-10,12-13H,11H2,1H3,(H,20,22)/t13-/m0/s1. The lowest BCUT2D eigenvalue weighted by atomic mass is 10.3. The van der Waals surface area contributed by atoms with Gasteiger partial charge in [-0.25, -0.2) is 4.98 Å². The Morgan fingerprint density at radius 3 is 2.75 bits per heavy atom. The third-order valence-corrected chi connectivity index (χ3v) is 4.60. The van der Waals surface area contributed by atoms with E-state index in [1.165, 1.54) is 10.6 Å². The van der Waals surface area contributed by atoms with Crippen molar-refractivity contribution in [2.45, 2.75) is 17.1 Å². The zero-order valence-corrected chi connectivity index (χ0v) is 14.0. The zero-order valence-electron chi connectivity index (χ0n) is 13.2. The van der Waals surface area contributed by atoms with Crippen LogP contribution in [0, 0.1) is 0 Å². The maximum Gasteiger partial charge on any atom is 0.270 e. The van der Waals surface area contributed by atoms with E-state index in [-0.39, 0.29) is 16.4 Å². The number of hydrogen-bond acceptors (Lipinski definition) is 4. The molecule has 0 unspecified atom stereocenters. The van der Waals surface area contributed by atoms with E-state index in [2.05, 4.69) is 10.3 Å². The Hall–Kier alpha value is -2.60. The second-order valence-electron chi connectivity index (χ2n) is 5.36. The molecule has 6 heteroatoms. The van der Waals surface area contributed by atoms with Crippen LogP contribution >= 0.6 is 11.8 Å². The fourth-order valence-electron chi connectivity index (χ4n) is 2.29. The number of nitrogens with zero attached hydrogens (tertiary/aromatic N) is 2. The summed E-state index contributed by atoms with van der Waals surface area (Å²) in [5.74, 6) is -0.397.